The molecule has 2 aliphatic rings. The number of amides is 1. The van der Waals surface area contributed by atoms with Crippen LogP contribution in [0, 0.1) is 11.8 Å². The first kappa shape index (κ1) is 19.9. The van der Waals surface area contributed by atoms with E-state index in [0.717, 1.165) is 24.2 Å². The molecule has 1 aromatic heterocycles. The molecule has 2 aliphatic heterocycles. The minimum absolute atomic E-state index is 0.0136. The topological polar surface area (TPSA) is 74.6 Å². The zero-order valence-electron chi connectivity index (χ0n) is 17.0. The third-order valence-corrected chi connectivity index (χ3v) is 6.49. The quantitative estimate of drug-likeness (QED) is 0.786. The lowest BCUT2D eigenvalue weighted by Crippen LogP contribution is -2.46. The number of hydrogen-bond acceptors (Lipinski definition) is 4. The summed E-state index contributed by atoms with van der Waals surface area (Å²) in [6.45, 7) is 5.39. The zero-order valence-corrected chi connectivity index (χ0v) is 17.0. The molecule has 0 aliphatic carbocycles. The average molecular weight is 396 g/mol. The summed E-state index contributed by atoms with van der Waals surface area (Å²) in [4.78, 5) is 28.2. The molecule has 154 valence electrons. The summed E-state index contributed by atoms with van der Waals surface area (Å²) in [5, 5.41) is 13.4. The lowest BCUT2D eigenvalue weighted by Gasteiger charge is -2.38. The molecule has 2 aromatic rings. The van der Waals surface area contributed by atoms with Crippen molar-refractivity contribution in [2.45, 2.75) is 44.9 Å². The summed E-state index contributed by atoms with van der Waals surface area (Å²) in [6, 6.07) is 14.8. The summed E-state index contributed by atoms with van der Waals surface area (Å²) in [6.07, 6.45) is 0.955. The van der Waals surface area contributed by atoms with Gasteiger partial charge in [-0.05, 0) is 31.5 Å². The third kappa shape index (κ3) is 3.40. The van der Waals surface area contributed by atoms with Gasteiger partial charge in [0.1, 0.15) is 0 Å². The van der Waals surface area contributed by atoms with E-state index in [-0.39, 0.29) is 42.1 Å². The van der Waals surface area contributed by atoms with E-state index in [1.165, 1.54) is 0 Å². The molecule has 1 aromatic carbocycles. The number of nitrogens with one attached hydrogen (secondary N) is 1. The second kappa shape index (κ2) is 8.13. The fourth-order valence-corrected chi connectivity index (χ4v) is 5.17. The smallest absolute Gasteiger partial charge is 0.250 e. The van der Waals surface area contributed by atoms with E-state index in [1.807, 2.05) is 43.3 Å². The minimum atomic E-state index is -0.390. The molecule has 0 saturated carbocycles. The van der Waals surface area contributed by atoms with E-state index < -0.39 is 5.92 Å². The van der Waals surface area contributed by atoms with Gasteiger partial charge in [0, 0.05) is 36.9 Å². The molecule has 2 bridgehead atoms. The number of carbonyl (C=O) groups excluding carboxylic acids is 1. The van der Waals surface area contributed by atoms with Gasteiger partial charge in [-0.15, -0.1) is 0 Å². The van der Waals surface area contributed by atoms with Crippen LogP contribution in [0.2, 0.25) is 0 Å². The molecule has 29 heavy (non-hydrogen) atoms. The van der Waals surface area contributed by atoms with E-state index in [0.29, 0.717) is 6.54 Å². The van der Waals surface area contributed by atoms with Gasteiger partial charge in [-0.3, -0.25) is 14.5 Å². The Labute approximate surface area is 171 Å². The van der Waals surface area contributed by atoms with Crippen molar-refractivity contribution < 1.29 is 9.90 Å². The van der Waals surface area contributed by atoms with Crippen molar-refractivity contribution in [1.82, 2.24) is 14.8 Å². The Morgan fingerprint density at radius 2 is 1.97 bits per heavy atom. The van der Waals surface area contributed by atoms with Crippen molar-refractivity contribution in [2.24, 2.45) is 11.8 Å². The van der Waals surface area contributed by atoms with Gasteiger partial charge in [-0.1, -0.05) is 43.3 Å². The van der Waals surface area contributed by atoms with Crippen LogP contribution in [0.4, 0.5) is 0 Å². The lowest BCUT2D eigenvalue weighted by atomic mass is 9.86. The monoisotopic (exact) mass is 395 g/mol. The second-order valence-corrected chi connectivity index (χ2v) is 8.16. The van der Waals surface area contributed by atoms with Gasteiger partial charge >= 0.3 is 0 Å². The van der Waals surface area contributed by atoms with Crippen LogP contribution in [0.1, 0.15) is 43.6 Å². The molecule has 1 fully saturated rings. The van der Waals surface area contributed by atoms with Gasteiger partial charge < -0.3 is 15.0 Å². The van der Waals surface area contributed by atoms with Gasteiger partial charge in [0.2, 0.25) is 5.91 Å². The van der Waals surface area contributed by atoms with Crippen molar-refractivity contribution in [1.29, 1.82) is 0 Å². The Bertz CT molecular complexity index is 926. The normalized spacial score (nSPS) is 26.7. The van der Waals surface area contributed by atoms with Crippen LogP contribution in [0.5, 0.6) is 0 Å². The molecule has 3 heterocycles. The average Bonchev–Trinajstić information content (AvgIpc) is 2.94. The van der Waals surface area contributed by atoms with Crippen molar-refractivity contribution in [3.8, 4) is 0 Å². The van der Waals surface area contributed by atoms with Crippen molar-refractivity contribution >= 4 is 5.91 Å². The fraction of sp³-hybridized carbons (Fsp3) is 0.478. The SMILES string of the molecule is CCCN1[C@@H]2Cn3c(cccc3=O)[C@H]1[C@@H](C(=O)N[C@@H](C)c1ccccc1)[C@@H]2CO. The highest BCUT2D eigenvalue weighted by atomic mass is 16.3. The molecular formula is C23H29N3O3. The predicted octanol–water partition coefficient (Wildman–Crippen LogP) is 2.10. The first-order valence-corrected chi connectivity index (χ1v) is 10.5. The Hall–Kier alpha value is -2.44. The molecule has 1 saturated heterocycles. The van der Waals surface area contributed by atoms with Crippen molar-refractivity contribution in [2.75, 3.05) is 13.2 Å². The number of pyridine rings is 1. The van der Waals surface area contributed by atoms with E-state index in [2.05, 4.69) is 17.1 Å². The van der Waals surface area contributed by atoms with Crippen LogP contribution in [0.25, 0.3) is 0 Å². The summed E-state index contributed by atoms with van der Waals surface area (Å²) < 4.78 is 1.79. The Morgan fingerprint density at radius 3 is 2.66 bits per heavy atom. The van der Waals surface area contributed by atoms with Crippen LogP contribution >= 0.6 is 0 Å². The number of hydrogen-bond donors (Lipinski definition) is 2. The number of carbonyl (C=O) groups is 1. The fourth-order valence-electron chi connectivity index (χ4n) is 5.17. The van der Waals surface area contributed by atoms with Crippen molar-refractivity contribution in [3.05, 3.63) is 70.1 Å². The van der Waals surface area contributed by atoms with Gasteiger partial charge in [-0.25, -0.2) is 0 Å². The molecule has 2 N–H and O–H groups in total. The number of benzene rings is 1. The molecule has 6 heteroatoms. The summed E-state index contributed by atoms with van der Waals surface area (Å²) in [5.41, 5.74) is 1.89. The third-order valence-electron chi connectivity index (χ3n) is 6.49. The standard InChI is InChI=1S/C23H29N3O3/c1-3-12-25-19-13-26-18(10-7-11-20(26)28)22(25)21(17(19)14-27)23(29)24-15(2)16-8-5-4-6-9-16/h4-11,15,17,19,21-22,27H,3,12-14H2,1-2H3,(H,24,29)/t15-,17+,19+,21-,22-/m0/s1. The number of aromatic nitrogens is 1. The number of aliphatic hydroxyl groups excluding tert-OH is 1. The van der Waals surface area contributed by atoms with E-state index in [9.17, 15) is 14.7 Å². The van der Waals surface area contributed by atoms with Gasteiger partial charge in [0.25, 0.3) is 5.56 Å². The first-order chi connectivity index (χ1) is 14.1. The molecular weight excluding hydrogens is 366 g/mol. The Morgan fingerprint density at radius 1 is 1.21 bits per heavy atom. The summed E-state index contributed by atoms with van der Waals surface area (Å²) >= 11 is 0. The predicted molar refractivity (Wildman–Crippen MR) is 111 cm³/mol. The van der Waals surface area contributed by atoms with Crippen LogP contribution in [0.3, 0.4) is 0 Å². The molecule has 6 nitrogen and oxygen atoms in total. The van der Waals surface area contributed by atoms with Crippen LogP contribution < -0.4 is 10.9 Å². The van der Waals surface area contributed by atoms with Crippen LogP contribution in [0.15, 0.2) is 53.3 Å². The first-order valence-electron chi connectivity index (χ1n) is 10.5. The molecule has 1 amide bonds. The summed E-state index contributed by atoms with van der Waals surface area (Å²) in [5.74, 6) is -0.647. The highest BCUT2D eigenvalue weighted by molar-refractivity contribution is 5.81. The number of nitrogens with zero attached hydrogens (tertiary/aromatic N) is 2. The maximum absolute atomic E-state index is 13.4. The van der Waals surface area contributed by atoms with E-state index in [4.69, 9.17) is 0 Å². The van der Waals surface area contributed by atoms with Crippen LogP contribution in [-0.4, -0.2) is 39.7 Å². The number of rotatable bonds is 6. The second-order valence-electron chi connectivity index (χ2n) is 8.16. The molecule has 4 rings (SSSR count). The maximum Gasteiger partial charge on any atom is 0.250 e. The van der Waals surface area contributed by atoms with Gasteiger partial charge in [0.15, 0.2) is 0 Å². The van der Waals surface area contributed by atoms with Gasteiger partial charge in [0.05, 0.1) is 18.0 Å². The molecule has 0 unspecified atom stereocenters. The van der Waals surface area contributed by atoms with Crippen LogP contribution in [-0.2, 0) is 11.3 Å². The summed E-state index contributed by atoms with van der Waals surface area (Å²) in [7, 11) is 0. The number of fused-ring (bicyclic) bond motifs is 4. The van der Waals surface area contributed by atoms with E-state index in [1.54, 1.807) is 16.7 Å². The maximum atomic E-state index is 13.4. The Balaban J connectivity index is 1.69. The molecule has 5 atom stereocenters. The highest BCUT2D eigenvalue weighted by Crippen LogP contribution is 2.48. The lowest BCUT2D eigenvalue weighted by molar-refractivity contribution is -0.128. The zero-order chi connectivity index (χ0) is 20.5. The largest absolute Gasteiger partial charge is 0.396 e. The molecule has 0 spiro atoms. The number of aliphatic hydroxyl groups is 1. The molecule has 0 radical (unpaired) electrons. The Kier molecular flexibility index (Phi) is 5.56. The highest BCUT2D eigenvalue weighted by Gasteiger charge is 2.55. The van der Waals surface area contributed by atoms with Crippen molar-refractivity contribution in [3.63, 3.8) is 0 Å². The minimum Gasteiger partial charge on any atom is -0.396 e. The van der Waals surface area contributed by atoms with E-state index >= 15 is 0 Å². The van der Waals surface area contributed by atoms with Gasteiger partial charge in [-0.2, -0.15) is 0 Å².